The van der Waals surface area contributed by atoms with E-state index in [9.17, 15) is 5.11 Å². The third-order valence-electron chi connectivity index (χ3n) is 2.35. The molecule has 0 aliphatic heterocycles. The average molecular weight is 234 g/mol. The first-order valence-electron chi connectivity index (χ1n) is 5.23. The number of aliphatic hydroxyl groups excluding tert-OH is 1. The van der Waals surface area contributed by atoms with Gasteiger partial charge in [0.15, 0.2) is 0 Å². The number of pyridine rings is 1. The molecule has 0 aromatic carbocycles. The summed E-state index contributed by atoms with van der Waals surface area (Å²) in [4.78, 5) is 4.17. The van der Waals surface area contributed by atoms with E-state index in [1.54, 1.807) is 43.2 Å². The van der Waals surface area contributed by atoms with E-state index in [1.807, 2.05) is 0 Å². The Labute approximate surface area is 98.9 Å². The zero-order valence-corrected chi connectivity index (χ0v) is 9.74. The highest BCUT2D eigenvalue weighted by Gasteiger charge is 2.12. The molecule has 0 amide bonds. The van der Waals surface area contributed by atoms with Crippen LogP contribution in [0.3, 0.4) is 0 Å². The van der Waals surface area contributed by atoms with Crippen molar-refractivity contribution < 1.29 is 9.84 Å². The summed E-state index contributed by atoms with van der Waals surface area (Å²) in [5, 5.41) is 17.7. The summed E-state index contributed by atoms with van der Waals surface area (Å²) in [5.74, 6) is 0.487. The van der Waals surface area contributed by atoms with Crippen molar-refractivity contribution in [3.63, 3.8) is 0 Å². The highest BCUT2D eigenvalue weighted by molar-refractivity contribution is 5.18. The predicted octanol–water partition coefficient (Wildman–Crippen LogP) is 0.495. The lowest BCUT2D eigenvalue weighted by Gasteiger charge is -2.09. The van der Waals surface area contributed by atoms with Gasteiger partial charge in [-0.25, -0.2) is 4.98 Å². The van der Waals surface area contributed by atoms with Crippen molar-refractivity contribution >= 4 is 0 Å². The van der Waals surface area contributed by atoms with Crippen LogP contribution in [0.5, 0.6) is 5.88 Å². The van der Waals surface area contributed by atoms with Crippen molar-refractivity contribution in [2.24, 2.45) is 7.05 Å². The van der Waals surface area contributed by atoms with Gasteiger partial charge in [-0.1, -0.05) is 11.3 Å². The summed E-state index contributed by atoms with van der Waals surface area (Å²) in [6.45, 7) is 0. The summed E-state index contributed by atoms with van der Waals surface area (Å²) in [7, 11) is 3.33. The summed E-state index contributed by atoms with van der Waals surface area (Å²) >= 11 is 0. The second-order valence-electron chi connectivity index (χ2n) is 3.71. The number of aryl methyl sites for hydroxylation is 1. The van der Waals surface area contributed by atoms with Crippen molar-refractivity contribution in [3.8, 4) is 5.88 Å². The van der Waals surface area contributed by atoms with Gasteiger partial charge in [0.05, 0.1) is 18.5 Å². The van der Waals surface area contributed by atoms with Gasteiger partial charge in [-0.2, -0.15) is 0 Å². The van der Waals surface area contributed by atoms with E-state index in [1.165, 1.54) is 0 Å². The van der Waals surface area contributed by atoms with E-state index >= 15 is 0 Å². The van der Waals surface area contributed by atoms with Gasteiger partial charge in [0, 0.05) is 25.7 Å². The molecule has 6 nitrogen and oxygen atoms in total. The monoisotopic (exact) mass is 234 g/mol. The van der Waals surface area contributed by atoms with E-state index in [-0.39, 0.29) is 0 Å². The summed E-state index contributed by atoms with van der Waals surface area (Å²) < 4.78 is 6.60. The number of ether oxygens (including phenoxy) is 1. The Morgan fingerprint density at radius 3 is 2.94 bits per heavy atom. The number of rotatable bonds is 4. The third-order valence-corrected chi connectivity index (χ3v) is 2.35. The first-order chi connectivity index (χ1) is 8.19. The minimum Gasteiger partial charge on any atom is -0.481 e. The zero-order chi connectivity index (χ0) is 12.3. The van der Waals surface area contributed by atoms with Crippen LogP contribution in [-0.2, 0) is 13.5 Å². The molecule has 2 aromatic rings. The fourth-order valence-electron chi connectivity index (χ4n) is 1.52. The van der Waals surface area contributed by atoms with E-state index in [2.05, 4.69) is 15.3 Å². The number of hydrogen-bond acceptors (Lipinski definition) is 5. The molecule has 1 atom stereocenters. The molecule has 2 rings (SSSR count). The van der Waals surface area contributed by atoms with Crippen LogP contribution < -0.4 is 4.74 Å². The van der Waals surface area contributed by atoms with E-state index < -0.39 is 6.10 Å². The number of aliphatic hydroxyl groups is 1. The first-order valence-corrected chi connectivity index (χ1v) is 5.23. The molecule has 2 aromatic heterocycles. The lowest BCUT2D eigenvalue weighted by atomic mass is 10.1. The molecule has 90 valence electrons. The minimum atomic E-state index is -0.707. The van der Waals surface area contributed by atoms with Gasteiger partial charge in [0.25, 0.3) is 0 Å². The average Bonchev–Trinajstić information content (AvgIpc) is 2.75. The molecular weight excluding hydrogens is 220 g/mol. The molecule has 1 unspecified atom stereocenters. The Morgan fingerprint density at radius 1 is 1.47 bits per heavy atom. The second-order valence-corrected chi connectivity index (χ2v) is 3.71. The van der Waals surface area contributed by atoms with Crippen LogP contribution in [0.4, 0.5) is 0 Å². The van der Waals surface area contributed by atoms with Crippen LogP contribution in [0.25, 0.3) is 0 Å². The highest BCUT2D eigenvalue weighted by atomic mass is 16.5. The van der Waals surface area contributed by atoms with Gasteiger partial charge < -0.3 is 9.84 Å². The van der Waals surface area contributed by atoms with Crippen LogP contribution in [0.15, 0.2) is 24.4 Å². The number of aromatic nitrogens is 4. The standard InChI is InChI=1S/C11H14N4O2/c1-15-7-8(13-14-15)6-10(16)9-4-3-5-11(12-9)17-2/h3-5,7,10,16H,6H2,1-2H3. The van der Waals surface area contributed by atoms with Crippen molar-refractivity contribution in [2.45, 2.75) is 12.5 Å². The lowest BCUT2D eigenvalue weighted by molar-refractivity contribution is 0.171. The quantitative estimate of drug-likeness (QED) is 0.833. The molecular formula is C11H14N4O2. The largest absolute Gasteiger partial charge is 0.481 e. The molecule has 1 N–H and O–H groups in total. The molecule has 0 spiro atoms. The van der Waals surface area contributed by atoms with Gasteiger partial charge in [-0.05, 0) is 6.07 Å². The molecule has 2 heterocycles. The maximum absolute atomic E-state index is 10.0. The van der Waals surface area contributed by atoms with Crippen LogP contribution in [0.1, 0.15) is 17.5 Å². The smallest absolute Gasteiger partial charge is 0.213 e. The van der Waals surface area contributed by atoms with Gasteiger partial charge in [-0.3, -0.25) is 4.68 Å². The van der Waals surface area contributed by atoms with E-state index in [0.717, 1.165) is 5.69 Å². The maximum atomic E-state index is 10.0. The normalized spacial score (nSPS) is 12.4. The number of hydrogen-bond donors (Lipinski definition) is 1. The molecule has 0 fully saturated rings. The molecule has 6 heteroatoms. The molecule has 0 saturated heterocycles. The molecule has 0 radical (unpaired) electrons. The van der Waals surface area contributed by atoms with Gasteiger partial charge >= 0.3 is 0 Å². The first kappa shape index (κ1) is 11.5. The second kappa shape index (κ2) is 4.92. The number of nitrogens with zero attached hydrogens (tertiary/aromatic N) is 4. The SMILES string of the molecule is COc1cccc(C(O)Cc2cn(C)nn2)n1. The summed E-state index contributed by atoms with van der Waals surface area (Å²) in [6.07, 6.45) is 1.44. The van der Waals surface area contributed by atoms with Crippen LogP contribution >= 0.6 is 0 Å². The van der Waals surface area contributed by atoms with Crippen LogP contribution in [-0.4, -0.2) is 32.2 Å². The van der Waals surface area contributed by atoms with E-state index in [0.29, 0.717) is 18.0 Å². The van der Waals surface area contributed by atoms with Gasteiger partial charge in [-0.15, -0.1) is 5.10 Å². The molecule has 0 aliphatic carbocycles. The van der Waals surface area contributed by atoms with Crippen LogP contribution in [0.2, 0.25) is 0 Å². The fourth-order valence-corrected chi connectivity index (χ4v) is 1.52. The van der Waals surface area contributed by atoms with Gasteiger partial charge in [0.2, 0.25) is 5.88 Å². The predicted molar refractivity (Wildman–Crippen MR) is 60.5 cm³/mol. The maximum Gasteiger partial charge on any atom is 0.213 e. The summed E-state index contributed by atoms with van der Waals surface area (Å²) in [5.41, 5.74) is 1.29. The third kappa shape index (κ3) is 2.79. The Balaban J connectivity index is 2.11. The number of methoxy groups -OCH3 is 1. The van der Waals surface area contributed by atoms with Crippen molar-refractivity contribution in [1.29, 1.82) is 0 Å². The fraction of sp³-hybridized carbons (Fsp3) is 0.364. The Morgan fingerprint density at radius 2 is 2.29 bits per heavy atom. The highest BCUT2D eigenvalue weighted by Crippen LogP contribution is 2.17. The topological polar surface area (TPSA) is 73.1 Å². The van der Waals surface area contributed by atoms with Crippen LogP contribution in [0, 0.1) is 0 Å². The Kier molecular flexibility index (Phi) is 3.34. The van der Waals surface area contributed by atoms with Crippen molar-refractivity contribution in [2.75, 3.05) is 7.11 Å². The minimum absolute atomic E-state index is 0.383. The Bertz CT molecular complexity index is 498. The van der Waals surface area contributed by atoms with Crippen molar-refractivity contribution in [3.05, 3.63) is 35.8 Å². The molecule has 0 saturated carbocycles. The van der Waals surface area contributed by atoms with E-state index in [4.69, 9.17) is 4.74 Å². The summed E-state index contributed by atoms with van der Waals surface area (Å²) in [6, 6.07) is 5.28. The zero-order valence-electron chi connectivity index (χ0n) is 9.74. The molecule has 17 heavy (non-hydrogen) atoms. The molecule has 0 bridgehead atoms. The molecule has 0 aliphatic rings. The lowest BCUT2D eigenvalue weighted by Crippen LogP contribution is -2.05. The van der Waals surface area contributed by atoms with Crippen molar-refractivity contribution in [1.82, 2.24) is 20.0 Å². The van der Waals surface area contributed by atoms with Gasteiger partial charge in [0.1, 0.15) is 6.10 Å². The Hall–Kier alpha value is -1.95.